The molecule has 5 heteroatoms. The predicted octanol–water partition coefficient (Wildman–Crippen LogP) is 0.698. The number of aliphatic hydroxyl groups excluding tert-OH is 1. The topological polar surface area (TPSA) is 55.8 Å². The number of nitrogens with zero attached hydrogens (tertiary/aromatic N) is 2. The van der Waals surface area contributed by atoms with E-state index in [1.54, 1.807) is 19.0 Å². The second kappa shape index (κ2) is 5.05. The van der Waals surface area contributed by atoms with Gasteiger partial charge in [0, 0.05) is 32.7 Å². The Morgan fingerprint density at radius 1 is 1.39 bits per heavy atom. The summed E-state index contributed by atoms with van der Waals surface area (Å²) in [6.07, 6.45) is 3.19. The van der Waals surface area contributed by atoms with Crippen molar-refractivity contribution in [1.29, 1.82) is 0 Å². The number of hydrogen-bond acceptors (Lipinski definition) is 3. The Labute approximate surface area is 109 Å². The van der Waals surface area contributed by atoms with E-state index in [-0.39, 0.29) is 18.3 Å². The van der Waals surface area contributed by atoms with Gasteiger partial charge in [-0.15, -0.1) is 0 Å². The van der Waals surface area contributed by atoms with Crippen molar-refractivity contribution in [2.45, 2.75) is 31.7 Å². The van der Waals surface area contributed by atoms with Crippen molar-refractivity contribution in [3.05, 3.63) is 0 Å². The summed E-state index contributed by atoms with van der Waals surface area (Å²) in [4.78, 5) is 15.5. The van der Waals surface area contributed by atoms with Gasteiger partial charge in [0.1, 0.15) is 0 Å². The molecule has 18 heavy (non-hydrogen) atoms. The van der Waals surface area contributed by atoms with Crippen LogP contribution in [0.25, 0.3) is 0 Å². The molecule has 2 aliphatic rings. The highest BCUT2D eigenvalue weighted by Crippen LogP contribution is 2.45. The fraction of sp³-hybridized carbons (Fsp3) is 0.923. The van der Waals surface area contributed by atoms with Crippen molar-refractivity contribution in [3.8, 4) is 0 Å². The van der Waals surface area contributed by atoms with Crippen LogP contribution in [0.4, 0.5) is 4.79 Å². The van der Waals surface area contributed by atoms with E-state index in [0.717, 1.165) is 32.4 Å². The maximum atomic E-state index is 11.9. The van der Waals surface area contributed by atoms with Gasteiger partial charge in [0.2, 0.25) is 0 Å². The Morgan fingerprint density at radius 2 is 1.94 bits per heavy atom. The molecule has 1 heterocycles. The number of likely N-dealkylation sites (tertiary alicyclic amines) is 1. The van der Waals surface area contributed by atoms with Crippen LogP contribution in [0, 0.1) is 11.8 Å². The van der Waals surface area contributed by atoms with E-state index < -0.39 is 0 Å². The lowest BCUT2D eigenvalue weighted by Gasteiger charge is -2.31. The molecule has 1 saturated heterocycles. The molecule has 1 saturated carbocycles. The van der Waals surface area contributed by atoms with E-state index in [1.807, 2.05) is 4.90 Å². The minimum Gasteiger partial charge on any atom is -0.381 e. The quantitative estimate of drug-likeness (QED) is 0.730. The molecule has 0 radical (unpaired) electrons. The summed E-state index contributed by atoms with van der Waals surface area (Å²) >= 11 is 0. The molecule has 2 rings (SSSR count). The highest BCUT2D eigenvalue weighted by Gasteiger charge is 2.48. The molecule has 0 aromatic carbocycles. The first-order valence-corrected chi connectivity index (χ1v) is 6.83. The van der Waals surface area contributed by atoms with Crippen LogP contribution < -0.4 is 5.32 Å². The Kier molecular flexibility index (Phi) is 3.82. The first-order valence-electron chi connectivity index (χ1n) is 6.83. The van der Waals surface area contributed by atoms with E-state index in [9.17, 15) is 4.79 Å². The molecule has 0 aromatic heterocycles. The van der Waals surface area contributed by atoms with Crippen LogP contribution in [-0.2, 0) is 0 Å². The van der Waals surface area contributed by atoms with Gasteiger partial charge < -0.3 is 14.9 Å². The summed E-state index contributed by atoms with van der Waals surface area (Å²) in [5, 5.41) is 12.4. The van der Waals surface area contributed by atoms with Crippen LogP contribution in [0.1, 0.15) is 26.2 Å². The summed E-state index contributed by atoms with van der Waals surface area (Å²) in [5.74, 6) is 1.18. The minimum absolute atomic E-state index is 0.0492. The lowest BCUT2D eigenvalue weighted by molar-refractivity contribution is 0.161. The second-order valence-corrected chi connectivity index (χ2v) is 5.98. The Morgan fingerprint density at radius 3 is 2.33 bits per heavy atom. The maximum Gasteiger partial charge on any atom is 0.319 e. The standard InChI is InChI=1S/C13H25N3O2/c1-4-13(14-9-17)5-10-7-16(8-11(10)6-13)12(18)15(2)3/h10-11,14,17H,4-9H2,1-3H3/t10-,11+,13-. The average Bonchev–Trinajstić information content (AvgIpc) is 2.84. The van der Waals surface area contributed by atoms with Crippen LogP contribution in [0.3, 0.4) is 0 Å². The Hall–Kier alpha value is -0.810. The molecular formula is C13H25N3O2. The monoisotopic (exact) mass is 255 g/mol. The third-order valence-corrected chi connectivity index (χ3v) is 4.67. The molecule has 3 atom stereocenters. The van der Waals surface area contributed by atoms with Crippen molar-refractivity contribution in [2.24, 2.45) is 11.8 Å². The molecule has 0 unspecified atom stereocenters. The van der Waals surface area contributed by atoms with Gasteiger partial charge in [-0.3, -0.25) is 5.32 Å². The number of hydrogen-bond donors (Lipinski definition) is 2. The van der Waals surface area contributed by atoms with Crippen LogP contribution in [0.5, 0.6) is 0 Å². The van der Waals surface area contributed by atoms with Crippen molar-refractivity contribution < 1.29 is 9.90 Å². The molecule has 2 fully saturated rings. The zero-order valence-corrected chi connectivity index (χ0v) is 11.6. The molecular weight excluding hydrogens is 230 g/mol. The van der Waals surface area contributed by atoms with Crippen molar-refractivity contribution in [3.63, 3.8) is 0 Å². The maximum absolute atomic E-state index is 11.9. The van der Waals surface area contributed by atoms with Gasteiger partial charge in [0.15, 0.2) is 0 Å². The lowest BCUT2D eigenvalue weighted by atomic mass is 9.92. The number of carbonyl (C=O) groups excluding carboxylic acids is 1. The van der Waals surface area contributed by atoms with Crippen LogP contribution in [-0.4, -0.2) is 60.4 Å². The zero-order valence-electron chi connectivity index (χ0n) is 11.6. The van der Waals surface area contributed by atoms with E-state index >= 15 is 0 Å². The zero-order chi connectivity index (χ0) is 13.3. The third-order valence-electron chi connectivity index (χ3n) is 4.67. The normalized spacial score (nSPS) is 34.8. The van der Waals surface area contributed by atoms with E-state index in [2.05, 4.69) is 12.2 Å². The first kappa shape index (κ1) is 13.6. The molecule has 5 nitrogen and oxygen atoms in total. The molecule has 104 valence electrons. The molecule has 0 bridgehead atoms. The fourth-order valence-corrected chi connectivity index (χ4v) is 3.65. The van der Waals surface area contributed by atoms with Gasteiger partial charge in [0.25, 0.3) is 0 Å². The molecule has 2 amide bonds. The van der Waals surface area contributed by atoms with Crippen LogP contribution >= 0.6 is 0 Å². The third kappa shape index (κ3) is 2.34. The molecule has 2 N–H and O–H groups in total. The smallest absolute Gasteiger partial charge is 0.319 e. The molecule has 1 aliphatic heterocycles. The number of urea groups is 1. The minimum atomic E-state index is 0.0492. The number of aliphatic hydroxyl groups is 1. The first-order chi connectivity index (χ1) is 8.51. The Bertz CT molecular complexity index is 305. The predicted molar refractivity (Wildman–Crippen MR) is 70.1 cm³/mol. The molecule has 0 aromatic rings. The number of fused-ring (bicyclic) bond motifs is 1. The molecule has 0 spiro atoms. The Balaban J connectivity index is 1.97. The number of carbonyl (C=O) groups is 1. The highest BCUT2D eigenvalue weighted by atomic mass is 16.3. The van der Waals surface area contributed by atoms with Crippen molar-refractivity contribution >= 4 is 6.03 Å². The average molecular weight is 255 g/mol. The van der Waals surface area contributed by atoms with Crippen molar-refractivity contribution in [2.75, 3.05) is 33.9 Å². The number of nitrogens with one attached hydrogen (secondary N) is 1. The summed E-state index contributed by atoms with van der Waals surface area (Å²) in [6.45, 7) is 3.97. The summed E-state index contributed by atoms with van der Waals surface area (Å²) in [7, 11) is 3.61. The van der Waals surface area contributed by atoms with Gasteiger partial charge in [-0.05, 0) is 31.1 Å². The highest BCUT2D eigenvalue weighted by molar-refractivity contribution is 5.74. The SMILES string of the molecule is CC[C@]1(NCO)C[C@H]2CN(C(=O)N(C)C)C[C@H]2C1. The number of amides is 2. The second-order valence-electron chi connectivity index (χ2n) is 5.98. The van der Waals surface area contributed by atoms with Gasteiger partial charge in [0.05, 0.1) is 6.73 Å². The van der Waals surface area contributed by atoms with E-state index in [4.69, 9.17) is 5.11 Å². The van der Waals surface area contributed by atoms with Gasteiger partial charge in [-0.25, -0.2) is 4.79 Å². The van der Waals surface area contributed by atoms with Crippen LogP contribution in [0.15, 0.2) is 0 Å². The largest absolute Gasteiger partial charge is 0.381 e. The van der Waals surface area contributed by atoms with Gasteiger partial charge >= 0.3 is 6.03 Å². The summed E-state index contributed by atoms with van der Waals surface area (Å²) in [6, 6.07) is 0.126. The van der Waals surface area contributed by atoms with E-state index in [1.165, 1.54) is 0 Å². The van der Waals surface area contributed by atoms with Gasteiger partial charge in [-0.2, -0.15) is 0 Å². The van der Waals surface area contributed by atoms with E-state index in [0.29, 0.717) is 11.8 Å². The van der Waals surface area contributed by atoms with Crippen molar-refractivity contribution in [1.82, 2.24) is 15.1 Å². The summed E-state index contributed by atoms with van der Waals surface area (Å²) < 4.78 is 0. The number of rotatable bonds is 3. The fourth-order valence-electron chi connectivity index (χ4n) is 3.65. The summed E-state index contributed by atoms with van der Waals surface area (Å²) in [5.41, 5.74) is 0.0946. The lowest BCUT2D eigenvalue weighted by Crippen LogP contribution is -2.45. The molecule has 1 aliphatic carbocycles. The van der Waals surface area contributed by atoms with Gasteiger partial charge in [-0.1, -0.05) is 6.92 Å². The van der Waals surface area contributed by atoms with Crippen LogP contribution in [0.2, 0.25) is 0 Å².